The molecule has 1 rings (SSSR count). The zero-order valence-electron chi connectivity index (χ0n) is 11.5. The Morgan fingerprint density at radius 3 is 2.74 bits per heavy atom. The number of pyridine rings is 1. The smallest absolute Gasteiger partial charge is 0.263 e. The number of ether oxygens (including phenoxy) is 1. The van der Waals surface area contributed by atoms with Gasteiger partial charge in [-0.1, -0.05) is 0 Å². The van der Waals surface area contributed by atoms with Gasteiger partial charge in [0.1, 0.15) is 5.56 Å². The topological polar surface area (TPSA) is 80.6 Å². The molecule has 0 aliphatic carbocycles. The van der Waals surface area contributed by atoms with Gasteiger partial charge in [-0.3, -0.25) is 9.59 Å². The molecular formula is C13H20N2O4. The Hall–Kier alpha value is -1.66. The van der Waals surface area contributed by atoms with Crippen LogP contribution in [0.25, 0.3) is 0 Å². The molecule has 19 heavy (non-hydrogen) atoms. The molecule has 0 aromatic carbocycles. The summed E-state index contributed by atoms with van der Waals surface area (Å²) in [7, 11) is 1.64. The molecule has 6 heteroatoms. The third-order valence-corrected chi connectivity index (χ3v) is 2.98. The van der Waals surface area contributed by atoms with Crippen molar-refractivity contribution in [1.29, 1.82) is 0 Å². The van der Waals surface area contributed by atoms with E-state index in [1.165, 1.54) is 4.57 Å². The average Bonchev–Trinajstić information content (AvgIpc) is 2.40. The van der Waals surface area contributed by atoms with Crippen LogP contribution in [0.5, 0.6) is 0 Å². The monoisotopic (exact) mass is 268 g/mol. The van der Waals surface area contributed by atoms with E-state index in [-0.39, 0.29) is 24.3 Å². The van der Waals surface area contributed by atoms with Crippen molar-refractivity contribution in [3.8, 4) is 0 Å². The lowest BCUT2D eigenvalue weighted by molar-refractivity contribution is 0.0837. The molecule has 2 N–H and O–H groups in total. The van der Waals surface area contributed by atoms with Crippen molar-refractivity contribution >= 4 is 5.91 Å². The lowest BCUT2D eigenvalue weighted by Crippen LogP contribution is -2.35. The Morgan fingerprint density at radius 2 is 2.11 bits per heavy atom. The highest BCUT2D eigenvalue weighted by Gasteiger charge is 2.13. The maximum atomic E-state index is 12.0. The molecule has 1 aromatic heterocycles. The van der Waals surface area contributed by atoms with Gasteiger partial charge in [0.2, 0.25) is 0 Å². The predicted molar refractivity (Wildman–Crippen MR) is 71.4 cm³/mol. The first kappa shape index (κ1) is 15.4. The summed E-state index contributed by atoms with van der Waals surface area (Å²) in [5.74, 6) is -0.406. The number of hydrogen-bond acceptors (Lipinski definition) is 4. The molecule has 1 aromatic rings. The van der Waals surface area contributed by atoms with Crippen LogP contribution in [0, 0.1) is 13.8 Å². The van der Waals surface area contributed by atoms with Crippen molar-refractivity contribution in [3.63, 3.8) is 0 Å². The Balaban J connectivity index is 2.70. The van der Waals surface area contributed by atoms with Gasteiger partial charge in [0.25, 0.3) is 11.5 Å². The van der Waals surface area contributed by atoms with Crippen LogP contribution in [0.4, 0.5) is 0 Å². The highest BCUT2D eigenvalue weighted by Crippen LogP contribution is 2.04. The van der Waals surface area contributed by atoms with Crippen molar-refractivity contribution < 1.29 is 14.6 Å². The van der Waals surface area contributed by atoms with Gasteiger partial charge in [-0.15, -0.1) is 0 Å². The van der Waals surface area contributed by atoms with E-state index in [0.29, 0.717) is 13.2 Å². The molecular weight excluding hydrogens is 248 g/mol. The molecule has 1 amide bonds. The molecule has 0 unspecified atom stereocenters. The van der Waals surface area contributed by atoms with Crippen LogP contribution >= 0.6 is 0 Å². The molecule has 0 atom stereocenters. The minimum absolute atomic E-state index is 0.0500. The maximum absolute atomic E-state index is 12.0. The second kappa shape index (κ2) is 7.06. The Kier molecular flexibility index (Phi) is 5.72. The highest BCUT2D eigenvalue weighted by atomic mass is 16.5. The van der Waals surface area contributed by atoms with E-state index in [4.69, 9.17) is 9.84 Å². The number of amides is 1. The molecule has 106 valence electrons. The van der Waals surface area contributed by atoms with Gasteiger partial charge in [-0.05, 0) is 25.5 Å². The summed E-state index contributed by atoms with van der Waals surface area (Å²) in [5, 5.41) is 11.1. The van der Waals surface area contributed by atoms with E-state index < -0.39 is 5.91 Å². The van der Waals surface area contributed by atoms with E-state index in [2.05, 4.69) is 5.32 Å². The molecule has 0 bridgehead atoms. The zero-order chi connectivity index (χ0) is 14.4. The summed E-state index contributed by atoms with van der Waals surface area (Å²) in [6.45, 7) is 4.48. The van der Waals surface area contributed by atoms with Crippen LogP contribution in [0.3, 0.4) is 0 Å². The predicted octanol–water partition coefficient (Wildman–Crippen LogP) is -0.259. The number of nitrogens with zero attached hydrogens (tertiary/aromatic N) is 1. The van der Waals surface area contributed by atoms with E-state index in [1.54, 1.807) is 13.1 Å². The summed E-state index contributed by atoms with van der Waals surface area (Å²) in [5.41, 5.74) is 1.56. The normalized spacial score (nSPS) is 10.5. The number of carbonyl (C=O) groups is 1. The minimum atomic E-state index is -0.406. The lowest BCUT2D eigenvalue weighted by atomic mass is 10.1. The van der Waals surface area contributed by atoms with Crippen LogP contribution in [0.15, 0.2) is 10.9 Å². The molecule has 0 saturated carbocycles. The summed E-state index contributed by atoms with van der Waals surface area (Å²) in [6, 6.07) is 1.60. The van der Waals surface area contributed by atoms with Crippen LogP contribution < -0.4 is 10.9 Å². The molecule has 0 spiro atoms. The van der Waals surface area contributed by atoms with Crippen molar-refractivity contribution in [2.45, 2.75) is 13.8 Å². The number of hydrogen-bond donors (Lipinski definition) is 2. The van der Waals surface area contributed by atoms with Gasteiger partial charge in [0, 0.05) is 19.3 Å². The number of aromatic nitrogens is 1. The van der Waals surface area contributed by atoms with E-state index >= 15 is 0 Å². The zero-order valence-corrected chi connectivity index (χ0v) is 11.5. The van der Waals surface area contributed by atoms with Gasteiger partial charge in [0.05, 0.1) is 19.8 Å². The van der Waals surface area contributed by atoms with Crippen LogP contribution in [-0.2, 0) is 11.8 Å². The molecule has 0 aliphatic rings. The summed E-state index contributed by atoms with van der Waals surface area (Å²) < 4.78 is 6.48. The number of aliphatic hydroxyl groups is 1. The fourth-order valence-corrected chi connectivity index (χ4v) is 1.64. The van der Waals surface area contributed by atoms with Crippen molar-refractivity contribution in [3.05, 3.63) is 33.2 Å². The summed E-state index contributed by atoms with van der Waals surface area (Å²) >= 11 is 0. The van der Waals surface area contributed by atoms with Gasteiger partial charge < -0.3 is 19.7 Å². The average molecular weight is 268 g/mol. The Morgan fingerprint density at radius 1 is 1.42 bits per heavy atom. The van der Waals surface area contributed by atoms with Crippen molar-refractivity contribution in [1.82, 2.24) is 9.88 Å². The number of nitrogens with one attached hydrogen (secondary N) is 1. The first-order chi connectivity index (χ1) is 8.99. The fourth-order valence-electron chi connectivity index (χ4n) is 1.64. The number of aliphatic hydroxyl groups excluding tert-OH is 1. The summed E-state index contributed by atoms with van der Waals surface area (Å²) in [6.07, 6.45) is 0. The summed E-state index contributed by atoms with van der Waals surface area (Å²) in [4.78, 5) is 23.8. The van der Waals surface area contributed by atoms with Gasteiger partial charge in [-0.2, -0.15) is 0 Å². The van der Waals surface area contributed by atoms with Gasteiger partial charge in [0.15, 0.2) is 0 Å². The number of carbonyl (C=O) groups excluding carboxylic acids is 1. The second-order valence-corrected chi connectivity index (χ2v) is 4.28. The van der Waals surface area contributed by atoms with Gasteiger partial charge >= 0.3 is 0 Å². The molecule has 0 aliphatic heterocycles. The molecule has 0 radical (unpaired) electrons. The fraction of sp³-hybridized carbons (Fsp3) is 0.538. The third-order valence-electron chi connectivity index (χ3n) is 2.98. The standard InChI is InChI=1S/C13H20N2O4/c1-9-8-11(13(18)15(3)10(9)2)12(17)14-4-6-19-7-5-16/h8,16H,4-7H2,1-3H3,(H,14,17). The van der Waals surface area contributed by atoms with E-state index in [0.717, 1.165) is 11.3 Å². The van der Waals surface area contributed by atoms with Crippen LogP contribution in [0.2, 0.25) is 0 Å². The molecule has 6 nitrogen and oxygen atoms in total. The van der Waals surface area contributed by atoms with E-state index in [1.807, 2.05) is 13.8 Å². The third kappa shape index (κ3) is 3.90. The first-order valence-corrected chi connectivity index (χ1v) is 6.13. The maximum Gasteiger partial charge on any atom is 0.263 e. The van der Waals surface area contributed by atoms with Crippen molar-refractivity contribution in [2.75, 3.05) is 26.4 Å². The highest BCUT2D eigenvalue weighted by molar-refractivity contribution is 5.94. The largest absolute Gasteiger partial charge is 0.394 e. The van der Waals surface area contributed by atoms with E-state index in [9.17, 15) is 9.59 Å². The van der Waals surface area contributed by atoms with Crippen LogP contribution in [-0.4, -0.2) is 41.9 Å². The van der Waals surface area contributed by atoms with Gasteiger partial charge in [-0.25, -0.2) is 0 Å². The minimum Gasteiger partial charge on any atom is -0.394 e. The number of rotatable bonds is 6. The SMILES string of the molecule is Cc1cc(C(=O)NCCOCCO)c(=O)n(C)c1C. The molecule has 0 saturated heterocycles. The molecule has 0 fully saturated rings. The van der Waals surface area contributed by atoms with Crippen LogP contribution in [0.1, 0.15) is 21.6 Å². The second-order valence-electron chi connectivity index (χ2n) is 4.28. The Bertz CT molecular complexity index is 508. The van der Waals surface area contributed by atoms with Crippen molar-refractivity contribution in [2.24, 2.45) is 7.05 Å². The quantitative estimate of drug-likeness (QED) is 0.697. The first-order valence-electron chi connectivity index (χ1n) is 6.13. The Labute approximate surface area is 112 Å². The number of aryl methyl sites for hydroxylation is 1. The molecule has 1 heterocycles. The lowest BCUT2D eigenvalue weighted by Gasteiger charge is -2.10.